The predicted molar refractivity (Wildman–Crippen MR) is 116 cm³/mol. The zero-order valence-electron chi connectivity index (χ0n) is 16.7. The first-order valence-corrected chi connectivity index (χ1v) is 10.1. The van der Waals surface area contributed by atoms with Gasteiger partial charge in [-0.15, -0.1) is 0 Å². The van der Waals surface area contributed by atoms with Crippen molar-refractivity contribution < 1.29 is 18.7 Å². The molecule has 0 radical (unpaired) electrons. The van der Waals surface area contributed by atoms with E-state index in [-0.39, 0.29) is 29.1 Å². The Morgan fingerprint density at radius 1 is 1.19 bits per heavy atom. The minimum atomic E-state index is -0.836. The van der Waals surface area contributed by atoms with E-state index >= 15 is 0 Å². The maximum Gasteiger partial charge on any atom is 0.269 e. The van der Waals surface area contributed by atoms with E-state index in [2.05, 4.69) is 10.2 Å². The number of anilines is 1. The molecule has 1 heterocycles. The van der Waals surface area contributed by atoms with Gasteiger partial charge in [-0.3, -0.25) is 9.69 Å². The zero-order chi connectivity index (χ0) is 22.4. The smallest absolute Gasteiger partial charge is 0.269 e. The van der Waals surface area contributed by atoms with Crippen LogP contribution in [0.2, 0.25) is 0 Å². The summed E-state index contributed by atoms with van der Waals surface area (Å²) in [5.41, 5.74) is 1.20. The Balaban J connectivity index is 1.74. The summed E-state index contributed by atoms with van der Waals surface area (Å²) in [7, 11) is 0. The summed E-state index contributed by atoms with van der Waals surface area (Å²) >= 11 is 6.24. The van der Waals surface area contributed by atoms with E-state index in [0.29, 0.717) is 32.2 Å². The average Bonchev–Trinajstić information content (AvgIpc) is 2.75. The van der Waals surface area contributed by atoms with Crippen LogP contribution in [0.4, 0.5) is 14.5 Å². The lowest BCUT2D eigenvalue weighted by Crippen LogP contribution is -2.54. The Bertz CT molecular complexity index is 951. The molecule has 9 heteroatoms. The molecule has 0 aliphatic carbocycles. The standard InChI is InChI=1S/C22H23ClF2N4O2/c23-21(22(31)27-18-9-16(24)8-17(25)10-18)20(11-26)29-7-6-28(13-19(29)14-30)12-15-4-2-1-3-5-15/h1-5,8-11,19,26,30H,6-7,12-14H2,(H,27,31)/b21-20-,26-11?. The summed E-state index contributed by atoms with van der Waals surface area (Å²) in [5.74, 6) is -2.47. The quantitative estimate of drug-likeness (QED) is 0.449. The lowest BCUT2D eigenvalue weighted by molar-refractivity contribution is -0.112. The van der Waals surface area contributed by atoms with Crippen molar-refractivity contribution in [2.24, 2.45) is 0 Å². The van der Waals surface area contributed by atoms with Crippen LogP contribution in [0.15, 0.2) is 59.3 Å². The summed E-state index contributed by atoms with van der Waals surface area (Å²) in [6, 6.07) is 12.2. The van der Waals surface area contributed by atoms with E-state index in [0.717, 1.165) is 23.9 Å². The maximum atomic E-state index is 13.4. The molecule has 1 aliphatic rings. The van der Waals surface area contributed by atoms with Gasteiger partial charge < -0.3 is 20.7 Å². The minimum absolute atomic E-state index is 0.0867. The molecule has 3 N–H and O–H groups in total. The molecule has 0 saturated carbocycles. The van der Waals surface area contributed by atoms with Crippen LogP contribution in [-0.2, 0) is 11.3 Å². The van der Waals surface area contributed by atoms with Gasteiger partial charge in [-0.25, -0.2) is 8.78 Å². The Morgan fingerprint density at radius 3 is 2.48 bits per heavy atom. The van der Waals surface area contributed by atoms with E-state index in [4.69, 9.17) is 17.0 Å². The minimum Gasteiger partial charge on any atom is -0.394 e. The van der Waals surface area contributed by atoms with Crippen molar-refractivity contribution in [3.63, 3.8) is 0 Å². The van der Waals surface area contributed by atoms with Crippen LogP contribution in [-0.4, -0.2) is 59.3 Å². The fourth-order valence-corrected chi connectivity index (χ4v) is 3.79. The molecule has 1 atom stereocenters. The van der Waals surface area contributed by atoms with E-state index in [9.17, 15) is 18.7 Å². The molecule has 0 aromatic heterocycles. The molecule has 0 spiro atoms. The summed E-state index contributed by atoms with van der Waals surface area (Å²) in [4.78, 5) is 16.4. The maximum absolute atomic E-state index is 13.4. The van der Waals surface area contributed by atoms with Crippen LogP contribution in [0, 0.1) is 17.0 Å². The first kappa shape index (κ1) is 22.9. The molecule has 1 unspecified atom stereocenters. The largest absolute Gasteiger partial charge is 0.394 e. The molecule has 1 saturated heterocycles. The number of piperazine rings is 1. The number of hydrogen-bond acceptors (Lipinski definition) is 5. The zero-order valence-corrected chi connectivity index (χ0v) is 17.4. The lowest BCUT2D eigenvalue weighted by Gasteiger charge is -2.42. The second-order valence-electron chi connectivity index (χ2n) is 7.21. The normalized spacial score (nSPS) is 17.8. The van der Waals surface area contributed by atoms with Crippen molar-refractivity contribution in [3.05, 3.63) is 76.5 Å². The van der Waals surface area contributed by atoms with Crippen LogP contribution >= 0.6 is 11.6 Å². The Morgan fingerprint density at radius 2 is 1.87 bits per heavy atom. The number of nitrogens with one attached hydrogen (secondary N) is 2. The molecule has 164 valence electrons. The number of hydrogen-bond donors (Lipinski definition) is 3. The van der Waals surface area contributed by atoms with Crippen LogP contribution in [0.5, 0.6) is 0 Å². The second-order valence-corrected chi connectivity index (χ2v) is 7.58. The highest BCUT2D eigenvalue weighted by Gasteiger charge is 2.30. The third-order valence-electron chi connectivity index (χ3n) is 5.02. The number of allylic oxidation sites excluding steroid dienone is 1. The van der Waals surface area contributed by atoms with E-state index in [1.54, 1.807) is 4.90 Å². The average molecular weight is 449 g/mol. The number of nitrogens with zero attached hydrogens (tertiary/aromatic N) is 2. The van der Waals surface area contributed by atoms with Crippen molar-refractivity contribution >= 4 is 29.4 Å². The van der Waals surface area contributed by atoms with Crippen molar-refractivity contribution in [2.45, 2.75) is 12.6 Å². The summed E-state index contributed by atoms with van der Waals surface area (Å²) in [5, 5.41) is 19.7. The van der Waals surface area contributed by atoms with Crippen molar-refractivity contribution in [3.8, 4) is 0 Å². The van der Waals surface area contributed by atoms with E-state index in [1.807, 2.05) is 30.3 Å². The fourth-order valence-electron chi connectivity index (χ4n) is 3.58. The lowest BCUT2D eigenvalue weighted by atomic mass is 10.1. The van der Waals surface area contributed by atoms with Gasteiger partial charge in [0, 0.05) is 44.1 Å². The highest BCUT2D eigenvalue weighted by Crippen LogP contribution is 2.22. The number of carbonyl (C=O) groups is 1. The number of aliphatic hydroxyl groups excluding tert-OH is 1. The van der Waals surface area contributed by atoms with Gasteiger partial charge in [0.25, 0.3) is 5.91 Å². The first-order valence-electron chi connectivity index (χ1n) is 9.72. The van der Waals surface area contributed by atoms with Gasteiger partial charge in [-0.2, -0.15) is 0 Å². The number of amides is 1. The second kappa shape index (κ2) is 10.5. The monoisotopic (exact) mass is 448 g/mol. The number of carbonyl (C=O) groups excluding carboxylic acids is 1. The number of rotatable bonds is 7. The molecule has 6 nitrogen and oxygen atoms in total. The Labute approximate surface area is 184 Å². The predicted octanol–water partition coefficient (Wildman–Crippen LogP) is 3.18. The molecule has 3 rings (SSSR count). The van der Waals surface area contributed by atoms with Crippen LogP contribution in [0.25, 0.3) is 0 Å². The Hall–Kier alpha value is -2.81. The van der Waals surface area contributed by atoms with Crippen LogP contribution in [0.3, 0.4) is 0 Å². The van der Waals surface area contributed by atoms with Gasteiger partial charge in [-0.05, 0) is 17.7 Å². The van der Waals surface area contributed by atoms with Crippen LogP contribution in [0.1, 0.15) is 5.56 Å². The molecule has 0 bridgehead atoms. The fraction of sp³-hybridized carbons (Fsp3) is 0.273. The summed E-state index contributed by atoms with van der Waals surface area (Å²) < 4.78 is 26.7. The highest BCUT2D eigenvalue weighted by atomic mass is 35.5. The molecule has 1 amide bonds. The van der Waals surface area contributed by atoms with Gasteiger partial charge in [0.05, 0.1) is 18.3 Å². The van der Waals surface area contributed by atoms with Crippen LogP contribution < -0.4 is 5.32 Å². The van der Waals surface area contributed by atoms with Gasteiger partial charge in [0.1, 0.15) is 16.7 Å². The van der Waals surface area contributed by atoms with E-state index in [1.165, 1.54) is 0 Å². The Kier molecular flexibility index (Phi) is 7.73. The van der Waals surface area contributed by atoms with Gasteiger partial charge >= 0.3 is 0 Å². The van der Waals surface area contributed by atoms with Gasteiger partial charge in [-0.1, -0.05) is 41.9 Å². The molecule has 2 aromatic carbocycles. The molecular formula is C22H23ClF2N4O2. The number of benzene rings is 2. The highest BCUT2D eigenvalue weighted by molar-refractivity contribution is 6.45. The molecular weight excluding hydrogens is 426 g/mol. The van der Waals surface area contributed by atoms with Crippen molar-refractivity contribution in [1.29, 1.82) is 5.41 Å². The third kappa shape index (κ3) is 5.88. The molecule has 2 aromatic rings. The summed E-state index contributed by atoms with van der Waals surface area (Å²) in [6.45, 7) is 2.13. The van der Waals surface area contributed by atoms with Crippen molar-refractivity contribution in [2.75, 3.05) is 31.6 Å². The summed E-state index contributed by atoms with van der Waals surface area (Å²) in [6.07, 6.45) is 0.948. The molecule has 31 heavy (non-hydrogen) atoms. The number of halogens is 3. The van der Waals surface area contributed by atoms with Crippen molar-refractivity contribution in [1.82, 2.24) is 9.80 Å². The van der Waals surface area contributed by atoms with Gasteiger partial charge in [0.2, 0.25) is 0 Å². The third-order valence-corrected chi connectivity index (χ3v) is 5.38. The van der Waals surface area contributed by atoms with Gasteiger partial charge in [0.15, 0.2) is 0 Å². The molecule has 1 fully saturated rings. The SMILES string of the molecule is N=C/C(=C(/Cl)C(=O)Nc1cc(F)cc(F)c1)N1CCN(Cc2ccccc2)CC1CO. The number of aliphatic hydroxyl groups is 1. The molecule has 1 aliphatic heterocycles. The first-order chi connectivity index (χ1) is 14.9. The topological polar surface area (TPSA) is 79.7 Å². The van der Waals surface area contributed by atoms with E-state index < -0.39 is 17.5 Å².